The summed E-state index contributed by atoms with van der Waals surface area (Å²) in [4.78, 5) is 29.3. The van der Waals surface area contributed by atoms with Crippen molar-refractivity contribution >= 4 is 45.0 Å². The van der Waals surface area contributed by atoms with Crippen LogP contribution in [0.1, 0.15) is 0 Å². The van der Waals surface area contributed by atoms with E-state index in [1.54, 1.807) is 19.2 Å². The number of benzene rings is 3. The van der Waals surface area contributed by atoms with E-state index >= 15 is 0 Å². The number of fused-ring (bicyclic) bond motifs is 2. The zero-order valence-corrected chi connectivity index (χ0v) is 15.5. The van der Waals surface area contributed by atoms with Gasteiger partial charge in [0.05, 0.1) is 16.7 Å². The Morgan fingerprint density at radius 2 is 1.78 bits per heavy atom. The summed E-state index contributed by atoms with van der Waals surface area (Å²) in [6, 6.07) is 21.0. The van der Waals surface area contributed by atoms with Crippen molar-refractivity contribution < 1.29 is 4.79 Å². The summed E-state index contributed by atoms with van der Waals surface area (Å²) in [5.41, 5.74) is 1.27. The zero-order chi connectivity index (χ0) is 18.8. The van der Waals surface area contributed by atoms with E-state index < -0.39 is 0 Å². The lowest BCUT2D eigenvalue weighted by molar-refractivity contribution is -0.113. The number of nitrogens with zero attached hydrogens (tertiary/aromatic N) is 2. The molecule has 0 saturated carbocycles. The lowest BCUT2D eigenvalue weighted by atomic mass is 10.1. The van der Waals surface area contributed by atoms with Crippen molar-refractivity contribution in [2.75, 3.05) is 11.1 Å². The lowest BCUT2D eigenvalue weighted by Crippen LogP contribution is -2.21. The lowest BCUT2D eigenvalue weighted by Gasteiger charge is -2.09. The van der Waals surface area contributed by atoms with Gasteiger partial charge in [-0.3, -0.25) is 14.2 Å². The van der Waals surface area contributed by atoms with Gasteiger partial charge in [0.1, 0.15) is 0 Å². The minimum atomic E-state index is -0.141. The van der Waals surface area contributed by atoms with E-state index in [1.807, 2.05) is 54.6 Å². The Balaban J connectivity index is 1.49. The molecule has 4 rings (SSSR count). The summed E-state index contributed by atoms with van der Waals surface area (Å²) in [6.45, 7) is 0. The molecule has 1 N–H and O–H groups in total. The van der Waals surface area contributed by atoms with Gasteiger partial charge in [-0.25, -0.2) is 4.98 Å². The van der Waals surface area contributed by atoms with Crippen molar-refractivity contribution in [3.05, 3.63) is 77.1 Å². The van der Waals surface area contributed by atoms with Gasteiger partial charge in [0.2, 0.25) is 5.91 Å². The number of amides is 1. The number of carbonyl (C=O) groups is 1. The molecule has 0 saturated heterocycles. The van der Waals surface area contributed by atoms with Gasteiger partial charge in [-0.05, 0) is 35.0 Å². The maximum absolute atomic E-state index is 12.4. The molecule has 0 fully saturated rings. The number of hydrogen-bond donors (Lipinski definition) is 1. The summed E-state index contributed by atoms with van der Waals surface area (Å²) in [6.07, 6.45) is 0. The molecule has 0 unspecified atom stereocenters. The van der Waals surface area contributed by atoms with Gasteiger partial charge in [-0.15, -0.1) is 0 Å². The molecule has 1 amide bonds. The van der Waals surface area contributed by atoms with E-state index in [0.717, 1.165) is 16.5 Å². The highest BCUT2D eigenvalue weighted by Crippen LogP contribution is 2.20. The van der Waals surface area contributed by atoms with Crippen LogP contribution in [0.4, 0.5) is 5.69 Å². The third-order valence-corrected chi connectivity index (χ3v) is 5.34. The summed E-state index contributed by atoms with van der Waals surface area (Å²) >= 11 is 1.25. The summed E-state index contributed by atoms with van der Waals surface area (Å²) < 4.78 is 1.48. The van der Waals surface area contributed by atoms with Crippen molar-refractivity contribution in [1.29, 1.82) is 0 Å². The maximum atomic E-state index is 12.4. The van der Waals surface area contributed by atoms with Gasteiger partial charge in [0.15, 0.2) is 5.16 Å². The topological polar surface area (TPSA) is 64.0 Å². The van der Waals surface area contributed by atoms with Gasteiger partial charge in [-0.1, -0.05) is 54.2 Å². The first-order valence-corrected chi connectivity index (χ1v) is 9.47. The largest absolute Gasteiger partial charge is 0.325 e. The van der Waals surface area contributed by atoms with Crippen molar-refractivity contribution in [2.45, 2.75) is 5.16 Å². The molecule has 0 atom stereocenters. The number of carbonyl (C=O) groups excluding carboxylic acids is 1. The third-order valence-electron chi connectivity index (χ3n) is 4.31. The molecule has 0 aliphatic heterocycles. The van der Waals surface area contributed by atoms with Gasteiger partial charge >= 0.3 is 0 Å². The molecule has 5 nitrogen and oxygen atoms in total. The minimum Gasteiger partial charge on any atom is -0.325 e. The monoisotopic (exact) mass is 375 g/mol. The fourth-order valence-electron chi connectivity index (χ4n) is 2.92. The van der Waals surface area contributed by atoms with E-state index in [0.29, 0.717) is 16.1 Å². The smallest absolute Gasteiger partial charge is 0.261 e. The van der Waals surface area contributed by atoms with Crippen LogP contribution in [-0.4, -0.2) is 21.2 Å². The highest BCUT2D eigenvalue weighted by atomic mass is 32.2. The Morgan fingerprint density at radius 3 is 2.63 bits per heavy atom. The first-order valence-electron chi connectivity index (χ1n) is 8.49. The Labute approximate surface area is 160 Å². The summed E-state index contributed by atoms with van der Waals surface area (Å²) in [5, 5.41) is 6.19. The fraction of sp³-hybridized carbons (Fsp3) is 0.0952. The number of nitrogens with one attached hydrogen (secondary N) is 1. The molecule has 3 aromatic carbocycles. The molecule has 0 aliphatic carbocycles. The number of hydrogen-bond acceptors (Lipinski definition) is 4. The van der Waals surface area contributed by atoms with Crippen molar-refractivity contribution in [1.82, 2.24) is 9.55 Å². The van der Waals surface area contributed by atoms with Crippen LogP contribution in [0.15, 0.2) is 76.7 Å². The molecular formula is C21H17N3O2S. The van der Waals surface area contributed by atoms with E-state index in [-0.39, 0.29) is 17.2 Å². The molecule has 0 radical (unpaired) electrons. The summed E-state index contributed by atoms with van der Waals surface area (Å²) in [5.74, 6) is 0.0310. The second-order valence-corrected chi connectivity index (χ2v) is 7.12. The molecule has 0 spiro atoms. The van der Waals surface area contributed by atoms with Crippen LogP contribution in [0.3, 0.4) is 0 Å². The van der Waals surface area contributed by atoms with Gasteiger partial charge < -0.3 is 5.32 Å². The second-order valence-electron chi connectivity index (χ2n) is 6.17. The van der Waals surface area contributed by atoms with E-state index in [4.69, 9.17) is 0 Å². The first kappa shape index (κ1) is 17.3. The minimum absolute atomic E-state index is 0.113. The molecule has 0 aliphatic rings. The van der Waals surface area contributed by atoms with Crippen LogP contribution in [0.2, 0.25) is 0 Å². The molecule has 1 aromatic heterocycles. The average Bonchev–Trinajstić information content (AvgIpc) is 2.69. The average molecular weight is 375 g/mol. The van der Waals surface area contributed by atoms with Crippen LogP contribution >= 0.6 is 11.8 Å². The quantitative estimate of drug-likeness (QED) is 0.435. The number of anilines is 1. The molecule has 6 heteroatoms. The number of rotatable bonds is 4. The standard InChI is InChI=1S/C21H17N3O2S/c1-24-20(26)17-8-4-5-9-18(17)23-21(24)27-13-19(25)22-16-11-10-14-6-2-3-7-15(14)12-16/h2-12H,13H2,1H3,(H,22,25). The zero-order valence-electron chi connectivity index (χ0n) is 14.7. The van der Waals surface area contributed by atoms with Crippen molar-refractivity contribution in [3.8, 4) is 0 Å². The SMILES string of the molecule is Cn1c(SCC(=O)Nc2ccc3ccccc3c2)nc2ccccc2c1=O. The van der Waals surface area contributed by atoms with E-state index in [2.05, 4.69) is 10.3 Å². The van der Waals surface area contributed by atoms with E-state index in [1.165, 1.54) is 16.3 Å². The van der Waals surface area contributed by atoms with Crippen molar-refractivity contribution in [3.63, 3.8) is 0 Å². The molecule has 134 valence electrons. The fourth-order valence-corrected chi connectivity index (χ4v) is 3.69. The number of aromatic nitrogens is 2. The molecule has 0 bridgehead atoms. The maximum Gasteiger partial charge on any atom is 0.261 e. The molecular weight excluding hydrogens is 358 g/mol. The third kappa shape index (κ3) is 3.57. The molecule has 1 heterocycles. The van der Waals surface area contributed by atoms with Crippen LogP contribution in [0.5, 0.6) is 0 Å². The van der Waals surface area contributed by atoms with Crippen LogP contribution in [0.25, 0.3) is 21.7 Å². The highest BCUT2D eigenvalue weighted by molar-refractivity contribution is 7.99. The van der Waals surface area contributed by atoms with Crippen LogP contribution in [-0.2, 0) is 11.8 Å². The Hall–Kier alpha value is -3.12. The number of para-hydroxylation sites is 1. The number of thioether (sulfide) groups is 1. The van der Waals surface area contributed by atoms with E-state index in [9.17, 15) is 9.59 Å². The van der Waals surface area contributed by atoms with Gasteiger partial charge in [0, 0.05) is 12.7 Å². The highest BCUT2D eigenvalue weighted by Gasteiger charge is 2.11. The van der Waals surface area contributed by atoms with Crippen LogP contribution < -0.4 is 10.9 Å². The summed E-state index contributed by atoms with van der Waals surface area (Å²) in [7, 11) is 1.67. The molecule has 27 heavy (non-hydrogen) atoms. The Bertz CT molecular complexity index is 1220. The van der Waals surface area contributed by atoms with Crippen LogP contribution in [0, 0.1) is 0 Å². The Kier molecular flexibility index (Phi) is 4.64. The van der Waals surface area contributed by atoms with Gasteiger partial charge in [0.25, 0.3) is 5.56 Å². The Morgan fingerprint density at radius 1 is 1.04 bits per heavy atom. The predicted octanol–water partition coefficient (Wildman–Crippen LogP) is 3.82. The van der Waals surface area contributed by atoms with Crippen molar-refractivity contribution in [2.24, 2.45) is 7.05 Å². The predicted molar refractivity (Wildman–Crippen MR) is 110 cm³/mol. The molecule has 4 aromatic rings. The van der Waals surface area contributed by atoms with Gasteiger partial charge in [-0.2, -0.15) is 0 Å². The second kappa shape index (κ2) is 7.25. The first-order chi connectivity index (χ1) is 13.1. The normalized spacial score (nSPS) is 11.0.